The van der Waals surface area contributed by atoms with Gasteiger partial charge in [0.1, 0.15) is 0 Å². The van der Waals surface area contributed by atoms with E-state index in [4.69, 9.17) is 14.0 Å². The van der Waals surface area contributed by atoms with Crippen LogP contribution < -0.4 is 9.47 Å². The van der Waals surface area contributed by atoms with Crippen molar-refractivity contribution in [3.8, 4) is 11.5 Å². The summed E-state index contributed by atoms with van der Waals surface area (Å²) in [4.78, 5) is 7.92. The van der Waals surface area contributed by atoms with Crippen molar-refractivity contribution in [3.05, 3.63) is 57.9 Å². The number of nitrogens with zero attached hydrogens (tertiary/aromatic N) is 3. The van der Waals surface area contributed by atoms with Crippen LogP contribution in [0.25, 0.3) is 0 Å². The Labute approximate surface area is 180 Å². The third kappa shape index (κ3) is 4.83. The van der Waals surface area contributed by atoms with Crippen LogP contribution in [-0.2, 0) is 13.0 Å². The molecule has 0 bridgehead atoms. The Bertz CT molecular complexity index is 936. The SMILES string of the molecule is COc1ccc(Cc2noc(CN3CCC([C@H](O)c4cccs4)CC3)n2)cc1OC. The van der Waals surface area contributed by atoms with Gasteiger partial charge in [-0.25, -0.2) is 0 Å². The fraction of sp³-hybridized carbons (Fsp3) is 0.455. The molecular formula is C22H27N3O4S. The lowest BCUT2D eigenvalue weighted by molar-refractivity contribution is 0.0560. The molecule has 0 aliphatic carbocycles. The number of methoxy groups -OCH3 is 2. The van der Waals surface area contributed by atoms with Gasteiger partial charge in [0, 0.05) is 11.3 Å². The van der Waals surface area contributed by atoms with E-state index in [-0.39, 0.29) is 6.10 Å². The molecule has 1 saturated heterocycles. The maximum Gasteiger partial charge on any atom is 0.240 e. The zero-order valence-electron chi connectivity index (χ0n) is 17.3. The van der Waals surface area contributed by atoms with Crippen LogP contribution in [0.3, 0.4) is 0 Å². The van der Waals surface area contributed by atoms with Gasteiger partial charge in [-0.15, -0.1) is 11.3 Å². The highest BCUT2D eigenvalue weighted by molar-refractivity contribution is 7.10. The van der Waals surface area contributed by atoms with Crippen molar-refractivity contribution in [3.63, 3.8) is 0 Å². The van der Waals surface area contributed by atoms with Crippen LogP contribution in [0, 0.1) is 5.92 Å². The molecule has 2 aromatic heterocycles. The van der Waals surface area contributed by atoms with Crippen LogP contribution in [0.2, 0.25) is 0 Å². The van der Waals surface area contributed by atoms with Crippen molar-refractivity contribution in [2.75, 3.05) is 27.3 Å². The molecule has 3 heterocycles. The van der Waals surface area contributed by atoms with E-state index in [9.17, 15) is 5.11 Å². The van der Waals surface area contributed by atoms with Crippen LogP contribution in [0.5, 0.6) is 11.5 Å². The van der Waals surface area contributed by atoms with Crippen molar-refractivity contribution >= 4 is 11.3 Å². The molecule has 8 heteroatoms. The standard InChI is InChI=1S/C22H27N3O4S/c1-27-17-6-5-15(12-18(17)28-2)13-20-23-21(29-24-20)14-25-9-7-16(8-10-25)22(26)19-4-3-11-30-19/h3-6,11-12,16,22,26H,7-10,13-14H2,1-2H3/t22-/m0/s1. The van der Waals surface area contributed by atoms with Crippen LogP contribution in [-0.4, -0.2) is 47.5 Å². The van der Waals surface area contributed by atoms with Crippen LogP contribution in [0.4, 0.5) is 0 Å². The van der Waals surface area contributed by atoms with E-state index in [1.165, 1.54) is 0 Å². The predicted octanol–water partition coefficient (Wildman–Crippen LogP) is 3.68. The van der Waals surface area contributed by atoms with E-state index in [0.29, 0.717) is 42.1 Å². The van der Waals surface area contributed by atoms with Gasteiger partial charge in [-0.3, -0.25) is 4.90 Å². The number of aliphatic hydroxyl groups excluding tert-OH is 1. The summed E-state index contributed by atoms with van der Waals surface area (Å²) in [6, 6.07) is 9.79. The Hall–Kier alpha value is -2.42. The van der Waals surface area contributed by atoms with Crippen molar-refractivity contribution in [1.29, 1.82) is 0 Å². The van der Waals surface area contributed by atoms with Crippen LogP contribution in [0.15, 0.2) is 40.2 Å². The molecule has 1 fully saturated rings. The molecule has 0 spiro atoms. The number of likely N-dealkylation sites (tertiary alicyclic amines) is 1. The normalized spacial score (nSPS) is 16.5. The largest absolute Gasteiger partial charge is 0.493 e. The molecule has 0 unspecified atom stereocenters. The Balaban J connectivity index is 1.30. The van der Waals surface area contributed by atoms with Gasteiger partial charge >= 0.3 is 0 Å². The number of benzene rings is 1. The van der Waals surface area contributed by atoms with E-state index in [1.54, 1.807) is 25.6 Å². The van der Waals surface area contributed by atoms with E-state index in [1.807, 2.05) is 35.7 Å². The molecule has 30 heavy (non-hydrogen) atoms. The summed E-state index contributed by atoms with van der Waals surface area (Å²) < 4.78 is 16.1. The van der Waals surface area contributed by atoms with Gasteiger partial charge in [0.25, 0.3) is 0 Å². The molecule has 1 aliphatic heterocycles. The smallest absolute Gasteiger partial charge is 0.240 e. The number of hydrogen-bond acceptors (Lipinski definition) is 8. The van der Waals surface area contributed by atoms with Gasteiger partial charge in [-0.1, -0.05) is 17.3 Å². The fourth-order valence-electron chi connectivity index (χ4n) is 3.91. The topological polar surface area (TPSA) is 80.9 Å². The lowest BCUT2D eigenvalue weighted by Gasteiger charge is -2.33. The number of aromatic nitrogens is 2. The van der Waals surface area contributed by atoms with Crippen molar-refractivity contribution < 1.29 is 19.1 Å². The summed E-state index contributed by atoms with van der Waals surface area (Å²) in [7, 11) is 3.24. The minimum Gasteiger partial charge on any atom is -0.493 e. The summed E-state index contributed by atoms with van der Waals surface area (Å²) in [5.74, 6) is 2.97. The second-order valence-corrected chi connectivity index (χ2v) is 8.52. The lowest BCUT2D eigenvalue weighted by atomic mass is 9.90. The molecule has 3 aromatic rings. The number of rotatable bonds is 8. The van der Waals surface area contributed by atoms with E-state index >= 15 is 0 Å². The maximum atomic E-state index is 10.6. The zero-order chi connectivity index (χ0) is 20.9. The van der Waals surface area contributed by atoms with E-state index in [0.717, 1.165) is 36.4 Å². The Kier molecular flexibility index (Phi) is 6.66. The number of aliphatic hydroxyl groups is 1. The predicted molar refractivity (Wildman–Crippen MR) is 114 cm³/mol. The summed E-state index contributed by atoms with van der Waals surface area (Å²) in [5.41, 5.74) is 1.03. The Morgan fingerprint density at radius 3 is 2.70 bits per heavy atom. The number of thiophene rings is 1. The van der Waals surface area contributed by atoms with Gasteiger partial charge in [-0.2, -0.15) is 4.98 Å². The third-order valence-corrected chi connectivity index (χ3v) is 6.54. The first kappa shape index (κ1) is 20.8. The highest BCUT2D eigenvalue weighted by atomic mass is 32.1. The molecule has 4 rings (SSSR count). The van der Waals surface area contributed by atoms with Gasteiger partial charge in [0.15, 0.2) is 17.3 Å². The molecule has 0 amide bonds. The summed E-state index contributed by atoms with van der Waals surface area (Å²) in [6.07, 6.45) is 2.14. The third-order valence-electron chi connectivity index (χ3n) is 5.59. The minimum atomic E-state index is -0.358. The average molecular weight is 430 g/mol. The van der Waals surface area contributed by atoms with Gasteiger partial charge in [0.05, 0.1) is 26.9 Å². The second-order valence-electron chi connectivity index (χ2n) is 7.54. The molecule has 160 valence electrons. The molecule has 1 aromatic carbocycles. The molecule has 1 N–H and O–H groups in total. The number of hydrogen-bond donors (Lipinski definition) is 1. The molecule has 7 nitrogen and oxygen atoms in total. The maximum absolute atomic E-state index is 10.6. The summed E-state index contributed by atoms with van der Waals surface area (Å²) >= 11 is 1.62. The van der Waals surface area contributed by atoms with Crippen LogP contribution in [0.1, 0.15) is 41.1 Å². The van der Waals surface area contributed by atoms with E-state index < -0.39 is 0 Å². The molecule has 0 saturated carbocycles. The van der Waals surface area contributed by atoms with Crippen molar-refractivity contribution in [2.24, 2.45) is 5.92 Å². The molecule has 1 atom stereocenters. The fourth-order valence-corrected chi connectivity index (χ4v) is 4.71. The quantitative estimate of drug-likeness (QED) is 0.585. The molecule has 0 radical (unpaired) electrons. The average Bonchev–Trinajstić information content (AvgIpc) is 3.46. The summed E-state index contributed by atoms with van der Waals surface area (Å²) in [6.45, 7) is 2.47. The second kappa shape index (κ2) is 9.59. The molecular weight excluding hydrogens is 402 g/mol. The highest BCUT2D eigenvalue weighted by Gasteiger charge is 2.27. The summed E-state index contributed by atoms with van der Waals surface area (Å²) in [5, 5.41) is 16.7. The van der Waals surface area contributed by atoms with Gasteiger partial charge in [0.2, 0.25) is 5.89 Å². The monoisotopic (exact) mass is 429 g/mol. The highest BCUT2D eigenvalue weighted by Crippen LogP contribution is 2.33. The van der Waals surface area contributed by atoms with Crippen LogP contribution >= 0.6 is 11.3 Å². The van der Waals surface area contributed by atoms with Gasteiger partial charge < -0.3 is 19.1 Å². The van der Waals surface area contributed by atoms with Gasteiger partial charge in [-0.05, 0) is 61.0 Å². The first-order valence-electron chi connectivity index (χ1n) is 10.1. The Morgan fingerprint density at radius 2 is 2.00 bits per heavy atom. The number of piperidine rings is 1. The zero-order valence-corrected chi connectivity index (χ0v) is 18.1. The first-order chi connectivity index (χ1) is 14.7. The minimum absolute atomic E-state index is 0.309. The van der Waals surface area contributed by atoms with E-state index in [2.05, 4.69) is 15.0 Å². The lowest BCUT2D eigenvalue weighted by Crippen LogP contribution is -2.35. The van der Waals surface area contributed by atoms with Crippen molar-refractivity contribution in [1.82, 2.24) is 15.0 Å². The molecule has 1 aliphatic rings. The van der Waals surface area contributed by atoms with Crippen molar-refractivity contribution in [2.45, 2.75) is 31.9 Å². The first-order valence-corrected chi connectivity index (χ1v) is 11.0. The Morgan fingerprint density at radius 1 is 1.20 bits per heavy atom. The number of ether oxygens (including phenoxy) is 2.